The van der Waals surface area contributed by atoms with Crippen LogP contribution in [0, 0.1) is 5.92 Å². The number of methoxy groups -OCH3 is 1. The molecule has 0 fully saturated rings. The standard InChI is InChI=1S/C16H26ClN3O3/c1-6-8-9-11-18-14(17)13(20(11)4)15(21)19-12(10(3)7-2)16(22)23-5/h10,12H,6-9H2,1-5H3,(H,19,21)/t10-,12+/m1/s1. The normalized spacial score (nSPS) is 13.5. The predicted octanol–water partition coefficient (Wildman–Crippen LogP) is 2.73. The number of carbonyl (C=O) groups is 2. The van der Waals surface area contributed by atoms with Crippen LogP contribution in [-0.4, -0.2) is 34.6 Å². The van der Waals surface area contributed by atoms with Crippen LogP contribution in [0.3, 0.4) is 0 Å². The topological polar surface area (TPSA) is 73.2 Å². The second-order valence-electron chi connectivity index (χ2n) is 5.69. The molecule has 6 nitrogen and oxygen atoms in total. The van der Waals surface area contributed by atoms with Gasteiger partial charge in [-0.1, -0.05) is 45.2 Å². The molecule has 0 aliphatic rings. The van der Waals surface area contributed by atoms with Crippen molar-refractivity contribution in [2.24, 2.45) is 13.0 Å². The molecular weight excluding hydrogens is 318 g/mol. The van der Waals surface area contributed by atoms with Gasteiger partial charge in [-0.05, 0) is 12.3 Å². The summed E-state index contributed by atoms with van der Waals surface area (Å²) in [6.45, 7) is 5.93. The van der Waals surface area contributed by atoms with Crippen molar-refractivity contribution in [3.05, 3.63) is 16.7 Å². The minimum atomic E-state index is -0.706. The molecule has 7 heteroatoms. The van der Waals surface area contributed by atoms with Gasteiger partial charge in [0.15, 0.2) is 5.15 Å². The van der Waals surface area contributed by atoms with E-state index in [1.54, 1.807) is 11.6 Å². The third kappa shape index (κ3) is 4.70. The third-order valence-electron chi connectivity index (χ3n) is 4.07. The molecule has 0 radical (unpaired) electrons. The lowest BCUT2D eigenvalue weighted by atomic mass is 9.99. The molecule has 0 aliphatic heterocycles. The predicted molar refractivity (Wildman–Crippen MR) is 89.6 cm³/mol. The highest BCUT2D eigenvalue weighted by atomic mass is 35.5. The van der Waals surface area contributed by atoms with E-state index in [2.05, 4.69) is 17.2 Å². The highest BCUT2D eigenvalue weighted by molar-refractivity contribution is 6.32. The van der Waals surface area contributed by atoms with Crippen LogP contribution in [0.5, 0.6) is 0 Å². The van der Waals surface area contributed by atoms with Gasteiger partial charge in [0.2, 0.25) is 0 Å². The van der Waals surface area contributed by atoms with Crippen molar-refractivity contribution in [2.75, 3.05) is 7.11 Å². The van der Waals surface area contributed by atoms with Crippen molar-refractivity contribution >= 4 is 23.5 Å². The maximum Gasteiger partial charge on any atom is 0.328 e. The lowest BCUT2D eigenvalue weighted by molar-refractivity contribution is -0.144. The fourth-order valence-corrected chi connectivity index (χ4v) is 2.63. The summed E-state index contributed by atoms with van der Waals surface area (Å²) in [7, 11) is 3.07. The number of unbranched alkanes of at least 4 members (excludes halogenated alkanes) is 1. The number of esters is 1. The largest absolute Gasteiger partial charge is 0.467 e. The van der Waals surface area contributed by atoms with E-state index in [9.17, 15) is 9.59 Å². The maximum absolute atomic E-state index is 12.6. The van der Waals surface area contributed by atoms with Crippen LogP contribution in [-0.2, 0) is 23.0 Å². The Morgan fingerprint density at radius 3 is 2.57 bits per heavy atom. The summed E-state index contributed by atoms with van der Waals surface area (Å²) in [6.07, 6.45) is 3.50. The zero-order valence-electron chi connectivity index (χ0n) is 14.5. The molecule has 0 bridgehead atoms. The average molecular weight is 344 g/mol. The molecule has 0 aromatic carbocycles. The Hall–Kier alpha value is -1.56. The molecule has 23 heavy (non-hydrogen) atoms. The van der Waals surface area contributed by atoms with E-state index >= 15 is 0 Å². The Morgan fingerprint density at radius 2 is 2.04 bits per heavy atom. The first-order valence-electron chi connectivity index (χ1n) is 7.97. The van der Waals surface area contributed by atoms with Gasteiger partial charge in [0.25, 0.3) is 5.91 Å². The van der Waals surface area contributed by atoms with E-state index in [0.29, 0.717) is 0 Å². The number of carbonyl (C=O) groups excluding carboxylic acids is 2. The molecule has 0 aliphatic carbocycles. The minimum absolute atomic E-state index is 0.0436. The van der Waals surface area contributed by atoms with Crippen LogP contribution in [0.15, 0.2) is 0 Å². The Bertz CT molecular complexity index is 557. The molecule has 130 valence electrons. The monoisotopic (exact) mass is 343 g/mol. The Kier molecular flexibility index (Phi) is 7.55. The molecule has 1 aromatic heterocycles. The number of nitrogens with zero attached hydrogens (tertiary/aromatic N) is 2. The SMILES string of the molecule is CCCCc1nc(Cl)c(C(=O)N[C@H](C(=O)OC)[C@H](C)CC)n1C. The number of aromatic nitrogens is 2. The molecule has 1 amide bonds. The highest BCUT2D eigenvalue weighted by Gasteiger charge is 2.29. The number of amides is 1. The second kappa shape index (κ2) is 8.91. The van der Waals surface area contributed by atoms with Gasteiger partial charge in [0.1, 0.15) is 17.6 Å². The smallest absolute Gasteiger partial charge is 0.328 e. The zero-order chi connectivity index (χ0) is 17.6. The summed E-state index contributed by atoms with van der Waals surface area (Å²) < 4.78 is 6.47. The summed E-state index contributed by atoms with van der Waals surface area (Å²) in [5.74, 6) is -0.154. The summed E-state index contributed by atoms with van der Waals surface area (Å²) in [5.41, 5.74) is 0.273. The lowest BCUT2D eigenvalue weighted by Crippen LogP contribution is -2.46. The molecule has 1 N–H and O–H groups in total. The Morgan fingerprint density at radius 1 is 1.39 bits per heavy atom. The Balaban J connectivity index is 2.99. The molecule has 1 rings (SSSR count). The van der Waals surface area contributed by atoms with Gasteiger partial charge in [-0.3, -0.25) is 4.79 Å². The van der Waals surface area contributed by atoms with Crippen LogP contribution >= 0.6 is 11.6 Å². The van der Waals surface area contributed by atoms with Crippen molar-refractivity contribution in [3.63, 3.8) is 0 Å². The van der Waals surface area contributed by atoms with Crippen molar-refractivity contribution in [3.8, 4) is 0 Å². The fourth-order valence-electron chi connectivity index (χ4n) is 2.32. The first-order valence-corrected chi connectivity index (χ1v) is 8.34. The maximum atomic E-state index is 12.6. The third-order valence-corrected chi connectivity index (χ3v) is 4.33. The van der Waals surface area contributed by atoms with Crippen molar-refractivity contribution < 1.29 is 14.3 Å². The molecule has 2 atom stereocenters. The van der Waals surface area contributed by atoms with E-state index in [4.69, 9.17) is 16.3 Å². The van der Waals surface area contributed by atoms with E-state index < -0.39 is 17.9 Å². The number of imidazole rings is 1. The minimum Gasteiger partial charge on any atom is -0.467 e. The van der Waals surface area contributed by atoms with Crippen LogP contribution in [0.2, 0.25) is 5.15 Å². The molecular formula is C16H26ClN3O3. The van der Waals surface area contributed by atoms with E-state index in [1.165, 1.54) is 7.11 Å². The van der Waals surface area contributed by atoms with Gasteiger partial charge >= 0.3 is 5.97 Å². The van der Waals surface area contributed by atoms with Crippen molar-refractivity contribution in [1.29, 1.82) is 0 Å². The van der Waals surface area contributed by atoms with E-state index in [0.717, 1.165) is 31.5 Å². The Labute approximate surface area is 142 Å². The highest BCUT2D eigenvalue weighted by Crippen LogP contribution is 2.19. The van der Waals surface area contributed by atoms with Gasteiger partial charge in [0.05, 0.1) is 7.11 Å². The van der Waals surface area contributed by atoms with Gasteiger partial charge < -0.3 is 14.6 Å². The molecule has 0 spiro atoms. The van der Waals surface area contributed by atoms with Crippen LogP contribution in [0.25, 0.3) is 0 Å². The first kappa shape index (κ1) is 19.5. The quantitative estimate of drug-likeness (QED) is 0.736. The van der Waals surface area contributed by atoms with Crippen LogP contribution in [0.1, 0.15) is 56.3 Å². The molecule has 1 heterocycles. The first-order chi connectivity index (χ1) is 10.9. The van der Waals surface area contributed by atoms with Gasteiger partial charge in [-0.25, -0.2) is 9.78 Å². The van der Waals surface area contributed by atoms with E-state index in [-0.39, 0.29) is 16.8 Å². The number of nitrogens with one attached hydrogen (secondary N) is 1. The summed E-state index contributed by atoms with van der Waals surface area (Å²) in [6, 6.07) is -0.706. The molecule has 1 aromatic rings. The number of halogens is 1. The lowest BCUT2D eigenvalue weighted by Gasteiger charge is -2.22. The van der Waals surface area contributed by atoms with E-state index in [1.807, 2.05) is 13.8 Å². The zero-order valence-corrected chi connectivity index (χ0v) is 15.2. The molecule has 0 unspecified atom stereocenters. The number of ether oxygens (including phenoxy) is 1. The average Bonchev–Trinajstić information content (AvgIpc) is 2.82. The summed E-state index contributed by atoms with van der Waals surface area (Å²) >= 11 is 6.13. The second-order valence-corrected chi connectivity index (χ2v) is 6.05. The van der Waals surface area contributed by atoms with Crippen molar-refractivity contribution in [2.45, 2.75) is 52.5 Å². The van der Waals surface area contributed by atoms with Crippen molar-refractivity contribution in [1.82, 2.24) is 14.9 Å². The molecule has 0 saturated heterocycles. The summed E-state index contributed by atoms with van der Waals surface area (Å²) in [4.78, 5) is 28.7. The number of hydrogen-bond acceptors (Lipinski definition) is 4. The van der Waals surface area contributed by atoms with Gasteiger partial charge in [-0.15, -0.1) is 0 Å². The summed E-state index contributed by atoms with van der Waals surface area (Å²) in [5, 5.41) is 2.88. The number of aryl methyl sites for hydroxylation is 1. The van der Waals surface area contributed by atoms with Crippen LogP contribution < -0.4 is 5.32 Å². The van der Waals surface area contributed by atoms with Gasteiger partial charge in [-0.2, -0.15) is 0 Å². The number of rotatable bonds is 8. The number of hydrogen-bond donors (Lipinski definition) is 1. The molecule has 0 saturated carbocycles. The van der Waals surface area contributed by atoms with Crippen LogP contribution in [0.4, 0.5) is 0 Å². The van der Waals surface area contributed by atoms with Gasteiger partial charge in [0, 0.05) is 13.5 Å². The fraction of sp³-hybridized carbons (Fsp3) is 0.688.